The van der Waals surface area contributed by atoms with E-state index in [2.05, 4.69) is 4.98 Å². The lowest BCUT2D eigenvalue weighted by molar-refractivity contribution is -0.141. The van der Waals surface area contributed by atoms with Gasteiger partial charge >= 0.3 is 6.18 Å². The lowest BCUT2D eigenvalue weighted by atomic mass is 10.1. The fourth-order valence-corrected chi connectivity index (χ4v) is 1.15. The summed E-state index contributed by atoms with van der Waals surface area (Å²) in [4.78, 5) is 3.29. The van der Waals surface area contributed by atoms with Gasteiger partial charge in [0.15, 0.2) is 5.69 Å². The van der Waals surface area contributed by atoms with Gasteiger partial charge in [0.05, 0.1) is 0 Å². The first-order chi connectivity index (χ1) is 7.45. The van der Waals surface area contributed by atoms with Crippen molar-refractivity contribution in [3.05, 3.63) is 29.5 Å². The highest BCUT2D eigenvalue weighted by Gasteiger charge is 2.34. The van der Waals surface area contributed by atoms with Gasteiger partial charge in [0.2, 0.25) is 0 Å². The zero-order valence-corrected chi connectivity index (χ0v) is 8.46. The molecule has 1 rings (SSSR count). The van der Waals surface area contributed by atoms with Crippen molar-refractivity contribution in [2.45, 2.75) is 12.6 Å². The Bertz CT molecular complexity index is 385. The molecule has 0 amide bonds. The summed E-state index contributed by atoms with van der Waals surface area (Å²) in [6, 6.07) is 2.62. The number of nitrogens with two attached hydrogens (primary N) is 2. The summed E-state index contributed by atoms with van der Waals surface area (Å²) >= 11 is 0. The minimum atomic E-state index is -4.50. The topological polar surface area (TPSA) is 64.9 Å². The van der Waals surface area contributed by atoms with Crippen molar-refractivity contribution < 1.29 is 13.2 Å². The molecule has 0 fully saturated rings. The Morgan fingerprint density at radius 3 is 2.56 bits per heavy atom. The smallest absolute Gasteiger partial charge is 0.384 e. The van der Waals surface area contributed by atoms with Gasteiger partial charge in [-0.25, -0.2) is 4.98 Å². The standard InChI is InChI=1S/C10H12F3N3/c11-10(12,13)9-7(3-1-2-6-14)4-5-8(15)16-9/h1,3-5H,2,6,14H2,(H2,15,16). The summed E-state index contributed by atoms with van der Waals surface area (Å²) in [6.45, 7) is 0.389. The molecule has 0 aromatic carbocycles. The van der Waals surface area contributed by atoms with Crippen LogP contribution >= 0.6 is 0 Å². The quantitative estimate of drug-likeness (QED) is 0.836. The van der Waals surface area contributed by atoms with E-state index in [1.165, 1.54) is 18.2 Å². The van der Waals surface area contributed by atoms with Crippen LogP contribution in [0, 0.1) is 0 Å². The number of nitrogens with zero attached hydrogens (tertiary/aromatic N) is 1. The summed E-state index contributed by atoms with van der Waals surface area (Å²) < 4.78 is 37.7. The number of halogens is 3. The molecule has 3 nitrogen and oxygen atoms in total. The maximum Gasteiger partial charge on any atom is 0.434 e. The predicted octanol–water partition coefficient (Wildman–Crippen LogP) is 2.04. The second-order valence-corrected chi connectivity index (χ2v) is 3.15. The predicted molar refractivity (Wildman–Crippen MR) is 56.4 cm³/mol. The van der Waals surface area contributed by atoms with Gasteiger partial charge in [-0.2, -0.15) is 13.2 Å². The van der Waals surface area contributed by atoms with Crippen LogP contribution in [-0.4, -0.2) is 11.5 Å². The van der Waals surface area contributed by atoms with Gasteiger partial charge in [0, 0.05) is 5.56 Å². The molecule has 0 radical (unpaired) electrons. The molecule has 0 aliphatic rings. The minimum Gasteiger partial charge on any atom is -0.384 e. The van der Waals surface area contributed by atoms with Gasteiger partial charge < -0.3 is 11.5 Å². The third-order valence-corrected chi connectivity index (χ3v) is 1.85. The third-order valence-electron chi connectivity index (χ3n) is 1.85. The van der Waals surface area contributed by atoms with Crippen molar-refractivity contribution in [1.29, 1.82) is 0 Å². The average molecular weight is 231 g/mol. The maximum absolute atomic E-state index is 12.6. The number of rotatable bonds is 3. The molecule has 1 heterocycles. The van der Waals surface area contributed by atoms with Crippen LogP contribution in [0.1, 0.15) is 17.7 Å². The molecule has 0 saturated carbocycles. The van der Waals surface area contributed by atoms with Crippen molar-refractivity contribution in [3.63, 3.8) is 0 Å². The Balaban J connectivity index is 3.08. The molecule has 0 saturated heterocycles. The van der Waals surface area contributed by atoms with Crippen molar-refractivity contribution in [2.24, 2.45) is 5.73 Å². The summed E-state index contributed by atoms with van der Waals surface area (Å²) in [5.41, 5.74) is 9.48. The van der Waals surface area contributed by atoms with Crippen LogP contribution in [0.3, 0.4) is 0 Å². The van der Waals surface area contributed by atoms with Gasteiger partial charge in [-0.3, -0.25) is 0 Å². The van der Waals surface area contributed by atoms with Crippen LogP contribution in [0.2, 0.25) is 0 Å². The number of aromatic nitrogens is 1. The number of nitrogen functional groups attached to an aromatic ring is 1. The third kappa shape index (κ3) is 3.23. The Morgan fingerprint density at radius 2 is 2.00 bits per heavy atom. The number of anilines is 1. The molecule has 0 spiro atoms. The first kappa shape index (κ1) is 12.5. The van der Waals surface area contributed by atoms with E-state index in [1.807, 2.05) is 0 Å². The Kier molecular flexibility index (Phi) is 3.89. The molecule has 0 unspecified atom stereocenters. The Hall–Kier alpha value is -1.56. The molecule has 16 heavy (non-hydrogen) atoms. The van der Waals surface area contributed by atoms with Gasteiger partial charge in [-0.15, -0.1) is 0 Å². The van der Waals surface area contributed by atoms with Gasteiger partial charge in [-0.1, -0.05) is 12.2 Å². The number of hydrogen-bond donors (Lipinski definition) is 2. The van der Waals surface area contributed by atoms with E-state index < -0.39 is 11.9 Å². The largest absolute Gasteiger partial charge is 0.434 e. The SMILES string of the molecule is NCCC=Cc1ccc(N)nc1C(F)(F)F. The molecule has 6 heteroatoms. The number of hydrogen-bond acceptors (Lipinski definition) is 3. The lowest BCUT2D eigenvalue weighted by Crippen LogP contribution is -2.11. The average Bonchev–Trinajstić information content (AvgIpc) is 2.19. The zero-order chi connectivity index (χ0) is 12.2. The second kappa shape index (κ2) is 4.98. The van der Waals surface area contributed by atoms with Gasteiger partial charge in [0.1, 0.15) is 5.82 Å². The molecule has 0 aliphatic carbocycles. The van der Waals surface area contributed by atoms with E-state index in [9.17, 15) is 13.2 Å². The van der Waals surface area contributed by atoms with Crippen molar-refractivity contribution in [3.8, 4) is 0 Å². The Labute approximate surface area is 91.0 Å². The normalized spacial score (nSPS) is 12.2. The van der Waals surface area contributed by atoms with E-state index in [1.54, 1.807) is 6.08 Å². The van der Waals surface area contributed by atoms with Crippen molar-refractivity contribution in [1.82, 2.24) is 4.98 Å². The fourth-order valence-electron chi connectivity index (χ4n) is 1.15. The van der Waals surface area contributed by atoms with Crippen LogP contribution in [0.5, 0.6) is 0 Å². The molecule has 4 N–H and O–H groups in total. The van der Waals surface area contributed by atoms with E-state index >= 15 is 0 Å². The monoisotopic (exact) mass is 231 g/mol. The maximum atomic E-state index is 12.6. The molecule has 0 bridgehead atoms. The molecular formula is C10H12F3N3. The summed E-state index contributed by atoms with van der Waals surface area (Å²) in [7, 11) is 0. The van der Waals surface area contributed by atoms with E-state index in [0.29, 0.717) is 13.0 Å². The molecule has 1 aromatic heterocycles. The second-order valence-electron chi connectivity index (χ2n) is 3.15. The Morgan fingerprint density at radius 1 is 1.31 bits per heavy atom. The van der Waals surface area contributed by atoms with Crippen LogP contribution < -0.4 is 11.5 Å². The highest BCUT2D eigenvalue weighted by molar-refractivity contribution is 5.54. The minimum absolute atomic E-state index is 0.00449. The number of alkyl halides is 3. The van der Waals surface area contributed by atoms with Crippen LogP contribution in [0.4, 0.5) is 19.0 Å². The summed E-state index contributed by atoms with van der Waals surface area (Å²) in [5.74, 6) is -0.150. The van der Waals surface area contributed by atoms with Crippen LogP contribution in [0.15, 0.2) is 18.2 Å². The first-order valence-corrected chi connectivity index (χ1v) is 4.65. The van der Waals surface area contributed by atoms with E-state index in [-0.39, 0.29) is 11.4 Å². The van der Waals surface area contributed by atoms with E-state index in [4.69, 9.17) is 11.5 Å². The lowest BCUT2D eigenvalue weighted by Gasteiger charge is -2.09. The highest BCUT2D eigenvalue weighted by atomic mass is 19.4. The summed E-state index contributed by atoms with van der Waals surface area (Å²) in [6.07, 6.45) is -1.07. The molecular weight excluding hydrogens is 219 g/mol. The zero-order valence-electron chi connectivity index (χ0n) is 8.46. The number of pyridine rings is 1. The summed E-state index contributed by atoms with van der Waals surface area (Å²) in [5, 5.41) is 0. The van der Waals surface area contributed by atoms with Crippen molar-refractivity contribution in [2.75, 3.05) is 12.3 Å². The van der Waals surface area contributed by atoms with Crippen LogP contribution in [-0.2, 0) is 6.18 Å². The molecule has 1 aromatic rings. The van der Waals surface area contributed by atoms with Crippen molar-refractivity contribution >= 4 is 11.9 Å². The van der Waals surface area contributed by atoms with Crippen LogP contribution in [0.25, 0.3) is 6.08 Å². The first-order valence-electron chi connectivity index (χ1n) is 4.65. The van der Waals surface area contributed by atoms with E-state index in [0.717, 1.165) is 0 Å². The highest BCUT2D eigenvalue weighted by Crippen LogP contribution is 2.31. The van der Waals surface area contributed by atoms with Gasteiger partial charge in [-0.05, 0) is 25.1 Å². The molecule has 0 atom stereocenters. The molecule has 0 aliphatic heterocycles. The van der Waals surface area contributed by atoms with Gasteiger partial charge in [0.25, 0.3) is 0 Å². The fraction of sp³-hybridized carbons (Fsp3) is 0.300. The molecule has 88 valence electrons.